The van der Waals surface area contributed by atoms with Crippen molar-refractivity contribution in [3.63, 3.8) is 0 Å². The van der Waals surface area contributed by atoms with E-state index < -0.39 is 29.8 Å². The summed E-state index contributed by atoms with van der Waals surface area (Å²) in [6.45, 7) is 2.76. The van der Waals surface area contributed by atoms with Crippen molar-refractivity contribution in [3.05, 3.63) is 52.3 Å². The largest absolute Gasteiger partial charge is 0.408 e. The standard InChI is InChI=1S/C20H18F4N4O3/c1-9-5-11(21)6-14-12(9)7-15(26-14)19(30)28-4-3-16-13(8-28)17(27-31-16)18(29)25-10(2)20(22,23)24/h5-7,10,26H,3-4,8H2,1-2H3,(H,25,29)/t10-/m1/s1. The number of aromatic amines is 1. The minimum atomic E-state index is -4.60. The van der Waals surface area contributed by atoms with Crippen LogP contribution >= 0.6 is 0 Å². The van der Waals surface area contributed by atoms with Gasteiger partial charge in [0.15, 0.2) is 5.69 Å². The van der Waals surface area contributed by atoms with Crippen molar-refractivity contribution in [1.82, 2.24) is 20.4 Å². The van der Waals surface area contributed by atoms with Gasteiger partial charge >= 0.3 is 6.18 Å². The highest BCUT2D eigenvalue weighted by Gasteiger charge is 2.38. The maximum atomic E-state index is 13.6. The zero-order chi connectivity index (χ0) is 22.5. The number of alkyl halides is 3. The number of carbonyl (C=O) groups excluding carboxylic acids is 2. The van der Waals surface area contributed by atoms with Crippen LogP contribution in [0.4, 0.5) is 17.6 Å². The first-order chi connectivity index (χ1) is 14.5. The normalized spacial score (nSPS) is 15.1. The van der Waals surface area contributed by atoms with E-state index in [4.69, 9.17) is 4.52 Å². The number of amides is 2. The molecule has 0 radical (unpaired) electrons. The zero-order valence-corrected chi connectivity index (χ0v) is 16.6. The van der Waals surface area contributed by atoms with Gasteiger partial charge in [0.05, 0.1) is 6.54 Å². The lowest BCUT2D eigenvalue weighted by Crippen LogP contribution is -2.44. The van der Waals surface area contributed by atoms with Crippen LogP contribution in [-0.2, 0) is 13.0 Å². The molecule has 31 heavy (non-hydrogen) atoms. The maximum absolute atomic E-state index is 13.6. The number of nitrogens with one attached hydrogen (secondary N) is 2. The number of hydrogen-bond acceptors (Lipinski definition) is 4. The number of benzene rings is 1. The first-order valence-electron chi connectivity index (χ1n) is 9.47. The van der Waals surface area contributed by atoms with E-state index in [9.17, 15) is 27.2 Å². The fourth-order valence-corrected chi connectivity index (χ4v) is 3.57. The topological polar surface area (TPSA) is 91.2 Å². The SMILES string of the molecule is Cc1cc(F)cc2[nH]c(C(=O)N3CCc4onc(C(=O)N[C@H](C)C(F)(F)F)c4C3)cc12. The lowest BCUT2D eigenvalue weighted by atomic mass is 10.0. The molecule has 0 spiro atoms. The molecule has 1 aliphatic rings. The average molecular weight is 438 g/mol. The first kappa shape index (κ1) is 20.9. The van der Waals surface area contributed by atoms with Crippen molar-refractivity contribution < 1.29 is 31.7 Å². The second-order valence-electron chi connectivity index (χ2n) is 7.51. The van der Waals surface area contributed by atoms with Gasteiger partial charge in [-0.15, -0.1) is 0 Å². The van der Waals surface area contributed by atoms with E-state index in [0.29, 0.717) is 22.2 Å². The Bertz CT molecular complexity index is 1180. The van der Waals surface area contributed by atoms with Crippen LogP contribution in [0, 0.1) is 12.7 Å². The van der Waals surface area contributed by atoms with Gasteiger partial charge in [0.2, 0.25) is 0 Å². The van der Waals surface area contributed by atoms with Gasteiger partial charge in [0, 0.05) is 29.4 Å². The van der Waals surface area contributed by atoms with Gasteiger partial charge in [-0.3, -0.25) is 9.59 Å². The predicted molar refractivity (Wildman–Crippen MR) is 101 cm³/mol. The molecule has 3 aromatic rings. The Morgan fingerprint density at radius 2 is 2.03 bits per heavy atom. The minimum Gasteiger partial charge on any atom is -0.360 e. The van der Waals surface area contributed by atoms with Crippen LogP contribution in [0.5, 0.6) is 0 Å². The van der Waals surface area contributed by atoms with E-state index in [2.05, 4.69) is 10.1 Å². The molecule has 0 bridgehead atoms. The van der Waals surface area contributed by atoms with Gasteiger partial charge in [-0.05, 0) is 37.6 Å². The highest BCUT2D eigenvalue weighted by molar-refractivity contribution is 5.99. The number of aryl methyl sites for hydroxylation is 1. The molecule has 7 nitrogen and oxygen atoms in total. The van der Waals surface area contributed by atoms with Crippen molar-refractivity contribution in [3.8, 4) is 0 Å². The van der Waals surface area contributed by atoms with Gasteiger partial charge in [-0.25, -0.2) is 4.39 Å². The summed E-state index contributed by atoms with van der Waals surface area (Å²) in [6.07, 6.45) is -4.35. The molecule has 2 N–H and O–H groups in total. The number of carbonyl (C=O) groups is 2. The molecular formula is C20H18F4N4O3. The Morgan fingerprint density at radius 3 is 2.74 bits per heavy atom. The van der Waals surface area contributed by atoms with Crippen LogP contribution in [0.15, 0.2) is 22.7 Å². The summed E-state index contributed by atoms with van der Waals surface area (Å²) in [5, 5.41) is 6.16. The monoisotopic (exact) mass is 438 g/mol. The van der Waals surface area contributed by atoms with Gasteiger partial charge in [-0.1, -0.05) is 5.16 Å². The van der Waals surface area contributed by atoms with Crippen LogP contribution in [-0.4, -0.2) is 45.6 Å². The van der Waals surface area contributed by atoms with Crippen molar-refractivity contribution in [2.75, 3.05) is 6.54 Å². The summed E-state index contributed by atoms with van der Waals surface area (Å²) in [5.74, 6) is -1.50. The van der Waals surface area contributed by atoms with Crippen LogP contribution in [0.3, 0.4) is 0 Å². The highest BCUT2D eigenvalue weighted by atomic mass is 19.4. The van der Waals surface area contributed by atoms with Crippen molar-refractivity contribution in [2.24, 2.45) is 0 Å². The number of nitrogens with zero attached hydrogens (tertiary/aromatic N) is 2. The first-order valence-corrected chi connectivity index (χ1v) is 9.47. The van der Waals surface area contributed by atoms with Gasteiger partial charge in [0.25, 0.3) is 11.8 Å². The molecule has 0 aliphatic carbocycles. The molecule has 2 amide bonds. The summed E-state index contributed by atoms with van der Waals surface area (Å²) < 4.78 is 57.0. The Kier molecular flexibility index (Phi) is 4.98. The molecule has 0 fully saturated rings. The third-order valence-electron chi connectivity index (χ3n) is 5.31. The molecule has 3 heterocycles. The van der Waals surface area contributed by atoms with E-state index in [1.54, 1.807) is 13.0 Å². The number of halogens is 4. The number of rotatable bonds is 3. The van der Waals surface area contributed by atoms with E-state index in [1.165, 1.54) is 17.0 Å². The summed E-state index contributed by atoms with van der Waals surface area (Å²) in [4.78, 5) is 29.6. The highest BCUT2D eigenvalue weighted by Crippen LogP contribution is 2.27. The zero-order valence-electron chi connectivity index (χ0n) is 16.6. The maximum Gasteiger partial charge on any atom is 0.408 e. The summed E-state index contributed by atoms with van der Waals surface area (Å²) in [7, 11) is 0. The van der Waals surface area contributed by atoms with E-state index in [1.807, 2.05) is 5.32 Å². The second-order valence-corrected chi connectivity index (χ2v) is 7.51. The van der Waals surface area contributed by atoms with Crippen LogP contribution in [0.1, 0.15) is 44.8 Å². The Labute approximate surface area is 173 Å². The van der Waals surface area contributed by atoms with Crippen LogP contribution in [0.25, 0.3) is 10.9 Å². The van der Waals surface area contributed by atoms with E-state index in [0.717, 1.165) is 6.92 Å². The number of H-pyrrole nitrogens is 1. The number of fused-ring (bicyclic) bond motifs is 2. The molecule has 4 rings (SSSR count). The number of aromatic nitrogens is 2. The second kappa shape index (κ2) is 7.40. The molecule has 1 atom stereocenters. The van der Waals surface area contributed by atoms with Gasteiger partial charge in [-0.2, -0.15) is 13.2 Å². The average Bonchev–Trinajstić information content (AvgIpc) is 3.30. The molecule has 0 saturated carbocycles. The van der Waals surface area contributed by atoms with E-state index in [-0.39, 0.29) is 36.5 Å². The lowest BCUT2D eigenvalue weighted by Gasteiger charge is -2.26. The molecule has 1 aliphatic heterocycles. The van der Waals surface area contributed by atoms with Crippen molar-refractivity contribution in [1.29, 1.82) is 0 Å². The Morgan fingerprint density at radius 1 is 1.29 bits per heavy atom. The molecule has 0 saturated heterocycles. The van der Waals surface area contributed by atoms with Gasteiger partial charge in [0.1, 0.15) is 23.3 Å². The minimum absolute atomic E-state index is 0.0521. The fourth-order valence-electron chi connectivity index (χ4n) is 3.57. The molecule has 0 unspecified atom stereocenters. The predicted octanol–water partition coefficient (Wildman–Crippen LogP) is 3.48. The number of hydrogen-bond donors (Lipinski definition) is 2. The molecule has 1 aromatic carbocycles. The van der Waals surface area contributed by atoms with Crippen LogP contribution < -0.4 is 5.32 Å². The smallest absolute Gasteiger partial charge is 0.360 e. The van der Waals surface area contributed by atoms with Gasteiger partial charge < -0.3 is 19.7 Å². The summed E-state index contributed by atoms with van der Waals surface area (Å²) >= 11 is 0. The van der Waals surface area contributed by atoms with E-state index >= 15 is 0 Å². The summed E-state index contributed by atoms with van der Waals surface area (Å²) in [6, 6.07) is 2.21. The summed E-state index contributed by atoms with van der Waals surface area (Å²) in [5.41, 5.74) is 1.37. The molecule has 164 valence electrons. The molecule has 2 aromatic heterocycles. The molecular weight excluding hydrogens is 420 g/mol. The third-order valence-corrected chi connectivity index (χ3v) is 5.31. The fraction of sp³-hybridized carbons (Fsp3) is 0.350. The van der Waals surface area contributed by atoms with Crippen molar-refractivity contribution >= 4 is 22.7 Å². The quantitative estimate of drug-likeness (QED) is 0.613. The molecule has 11 heteroatoms. The van der Waals surface area contributed by atoms with Crippen LogP contribution in [0.2, 0.25) is 0 Å². The Hall–Kier alpha value is -3.37. The van der Waals surface area contributed by atoms with Crippen molar-refractivity contribution in [2.45, 2.75) is 39.0 Å². The lowest BCUT2D eigenvalue weighted by molar-refractivity contribution is -0.149. The third kappa shape index (κ3) is 3.87. The Balaban J connectivity index is 1.56.